The summed E-state index contributed by atoms with van der Waals surface area (Å²) in [7, 11) is 0. The highest BCUT2D eigenvalue weighted by Gasteiger charge is 2.29. The highest BCUT2D eigenvalue weighted by Crippen LogP contribution is 2.34. The first-order valence-electron chi connectivity index (χ1n) is 5.81. The Bertz CT molecular complexity index is 182. The second-order valence-electron chi connectivity index (χ2n) is 5.65. The highest BCUT2D eigenvalue weighted by atomic mass is 15.1. The van der Waals surface area contributed by atoms with E-state index >= 15 is 0 Å². The van der Waals surface area contributed by atoms with Crippen molar-refractivity contribution in [3.63, 3.8) is 0 Å². The van der Waals surface area contributed by atoms with Gasteiger partial charge in [-0.05, 0) is 44.2 Å². The summed E-state index contributed by atoms with van der Waals surface area (Å²) in [6.07, 6.45) is 4.75. The molecular weight excluding hydrogens is 170 g/mol. The van der Waals surface area contributed by atoms with Crippen LogP contribution in [0.3, 0.4) is 0 Å². The summed E-state index contributed by atoms with van der Waals surface area (Å²) in [5.41, 5.74) is 0.490. The lowest BCUT2D eigenvalue weighted by molar-refractivity contribution is 0.100. The van der Waals surface area contributed by atoms with E-state index in [9.17, 15) is 0 Å². The predicted octanol–water partition coefficient (Wildman–Crippen LogP) is 3.32. The van der Waals surface area contributed by atoms with E-state index < -0.39 is 0 Å². The van der Waals surface area contributed by atoms with E-state index in [4.69, 9.17) is 0 Å². The smallest absolute Gasteiger partial charge is 0.0247 e. The molecule has 14 heavy (non-hydrogen) atoms. The molecule has 1 nitrogen and oxygen atoms in total. The van der Waals surface area contributed by atoms with Gasteiger partial charge in [-0.25, -0.2) is 0 Å². The van der Waals surface area contributed by atoms with Crippen LogP contribution in [0.2, 0.25) is 0 Å². The lowest BCUT2D eigenvalue weighted by Gasteiger charge is -2.40. The second-order valence-corrected chi connectivity index (χ2v) is 5.65. The minimum absolute atomic E-state index is 0.490. The van der Waals surface area contributed by atoms with Crippen molar-refractivity contribution in [3.8, 4) is 0 Å². The number of rotatable bonds is 2. The Hall–Kier alpha value is -0.300. The lowest BCUT2D eigenvalue weighted by Crippen LogP contribution is -2.41. The van der Waals surface area contributed by atoms with E-state index in [1.54, 1.807) is 0 Å². The molecule has 0 bridgehead atoms. The number of nitrogens with zero attached hydrogens (tertiary/aromatic N) is 1. The third-order valence-electron chi connectivity index (χ3n) is 3.67. The van der Waals surface area contributed by atoms with Crippen LogP contribution < -0.4 is 0 Å². The molecule has 1 rings (SSSR count). The van der Waals surface area contributed by atoms with Crippen molar-refractivity contribution in [2.75, 3.05) is 13.1 Å². The Morgan fingerprint density at radius 3 is 2.14 bits per heavy atom. The van der Waals surface area contributed by atoms with Crippen molar-refractivity contribution >= 4 is 0 Å². The number of hydrogen-bond acceptors (Lipinski definition) is 1. The van der Waals surface area contributed by atoms with Crippen molar-refractivity contribution < 1.29 is 0 Å². The van der Waals surface area contributed by atoms with Gasteiger partial charge in [-0.3, -0.25) is 4.90 Å². The number of likely N-dealkylation sites (tertiary alicyclic amines) is 1. The molecule has 1 aliphatic rings. The van der Waals surface area contributed by atoms with Gasteiger partial charge in [0.05, 0.1) is 0 Å². The van der Waals surface area contributed by atoms with Gasteiger partial charge in [0.1, 0.15) is 0 Å². The standard InChI is InChI=1S/C13H25N/c1-6-11(2)14-9-7-12(8-10-14)13(3,4)5/h6,11-12H,1,7-10H2,2-5H3. The normalized spacial score (nSPS) is 23.4. The van der Waals surface area contributed by atoms with Crippen LogP contribution in [0.15, 0.2) is 12.7 Å². The predicted molar refractivity (Wildman–Crippen MR) is 63.4 cm³/mol. The van der Waals surface area contributed by atoms with Crippen LogP contribution in [0.1, 0.15) is 40.5 Å². The Kier molecular flexibility index (Phi) is 3.77. The molecule has 82 valence electrons. The third-order valence-corrected chi connectivity index (χ3v) is 3.67. The molecule has 0 spiro atoms. The van der Waals surface area contributed by atoms with Crippen LogP contribution in [-0.4, -0.2) is 24.0 Å². The molecule has 1 unspecified atom stereocenters. The fourth-order valence-electron chi connectivity index (χ4n) is 2.32. The maximum atomic E-state index is 3.86. The van der Waals surface area contributed by atoms with E-state index in [0.717, 1.165) is 5.92 Å². The van der Waals surface area contributed by atoms with Crippen molar-refractivity contribution in [3.05, 3.63) is 12.7 Å². The van der Waals surface area contributed by atoms with Crippen LogP contribution in [0, 0.1) is 11.3 Å². The first-order valence-corrected chi connectivity index (χ1v) is 5.81. The monoisotopic (exact) mass is 195 g/mol. The summed E-state index contributed by atoms with van der Waals surface area (Å²) < 4.78 is 0. The molecule has 0 radical (unpaired) electrons. The Balaban J connectivity index is 2.42. The molecule has 0 saturated carbocycles. The van der Waals surface area contributed by atoms with E-state index in [1.807, 2.05) is 0 Å². The summed E-state index contributed by atoms with van der Waals surface area (Å²) in [4.78, 5) is 2.54. The van der Waals surface area contributed by atoms with Gasteiger partial charge in [-0.2, -0.15) is 0 Å². The van der Waals surface area contributed by atoms with Gasteiger partial charge < -0.3 is 0 Å². The Morgan fingerprint density at radius 2 is 1.79 bits per heavy atom. The van der Waals surface area contributed by atoms with Gasteiger partial charge in [0.15, 0.2) is 0 Å². The molecule has 1 aliphatic heterocycles. The minimum Gasteiger partial charge on any atom is -0.297 e. The summed E-state index contributed by atoms with van der Waals surface area (Å²) >= 11 is 0. The molecular formula is C13H25N. The molecule has 1 heterocycles. The van der Waals surface area contributed by atoms with Gasteiger partial charge >= 0.3 is 0 Å². The molecule has 0 aromatic carbocycles. The second kappa shape index (κ2) is 4.48. The van der Waals surface area contributed by atoms with Crippen molar-refractivity contribution in [1.29, 1.82) is 0 Å². The Labute approximate surface area is 89.2 Å². The van der Waals surface area contributed by atoms with Crippen LogP contribution in [0.5, 0.6) is 0 Å². The van der Waals surface area contributed by atoms with Crippen LogP contribution in [0.25, 0.3) is 0 Å². The van der Waals surface area contributed by atoms with E-state index in [2.05, 4.69) is 45.2 Å². The number of hydrogen-bond donors (Lipinski definition) is 0. The zero-order valence-electron chi connectivity index (χ0n) is 10.2. The fourth-order valence-corrected chi connectivity index (χ4v) is 2.32. The van der Waals surface area contributed by atoms with Gasteiger partial charge in [0, 0.05) is 6.04 Å². The number of piperidine rings is 1. The highest BCUT2D eigenvalue weighted by molar-refractivity contribution is 4.88. The quantitative estimate of drug-likeness (QED) is 0.611. The Morgan fingerprint density at radius 1 is 1.29 bits per heavy atom. The molecule has 0 amide bonds. The van der Waals surface area contributed by atoms with E-state index in [0.29, 0.717) is 11.5 Å². The van der Waals surface area contributed by atoms with Crippen LogP contribution in [-0.2, 0) is 0 Å². The summed E-state index contributed by atoms with van der Waals surface area (Å²) in [5.74, 6) is 0.899. The van der Waals surface area contributed by atoms with Crippen molar-refractivity contribution in [1.82, 2.24) is 4.90 Å². The zero-order valence-corrected chi connectivity index (χ0v) is 10.2. The molecule has 1 heteroatoms. The largest absolute Gasteiger partial charge is 0.297 e. The van der Waals surface area contributed by atoms with Crippen LogP contribution in [0.4, 0.5) is 0 Å². The molecule has 0 aromatic rings. The van der Waals surface area contributed by atoms with Gasteiger partial charge in [0.25, 0.3) is 0 Å². The third kappa shape index (κ3) is 2.84. The fraction of sp³-hybridized carbons (Fsp3) is 0.846. The lowest BCUT2D eigenvalue weighted by atomic mass is 9.75. The summed E-state index contributed by atoms with van der Waals surface area (Å²) in [6, 6.07) is 0.552. The maximum Gasteiger partial charge on any atom is 0.0247 e. The van der Waals surface area contributed by atoms with Gasteiger partial charge in [-0.15, -0.1) is 6.58 Å². The molecule has 1 saturated heterocycles. The van der Waals surface area contributed by atoms with Gasteiger partial charge in [-0.1, -0.05) is 26.8 Å². The average molecular weight is 195 g/mol. The molecule has 1 atom stereocenters. The van der Waals surface area contributed by atoms with Crippen LogP contribution >= 0.6 is 0 Å². The van der Waals surface area contributed by atoms with Gasteiger partial charge in [0.2, 0.25) is 0 Å². The SMILES string of the molecule is C=CC(C)N1CCC(C(C)(C)C)CC1. The first-order chi connectivity index (χ1) is 6.45. The molecule has 0 aromatic heterocycles. The minimum atomic E-state index is 0.490. The summed E-state index contributed by atoms with van der Waals surface area (Å²) in [6.45, 7) is 15.7. The van der Waals surface area contributed by atoms with E-state index in [1.165, 1.54) is 25.9 Å². The topological polar surface area (TPSA) is 3.24 Å². The average Bonchev–Trinajstić information content (AvgIpc) is 2.15. The summed E-state index contributed by atoms with van der Waals surface area (Å²) in [5, 5.41) is 0. The maximum absolute atomic E-state index is 3.86. The van der Waals surface area contributed by atoms with Crippen molar-refractivity contribution in [2.24, 2.45) is 11.3 Å². The molecule has 0 aliphatic carbocycles. The van der Waals surface area contributed by atoms with E-state index in [-0.39, 0.29) is 0 Å². The molecule has 1 fully saturated rings. The zero-order chi connectivity index (χ0) is 10.8. The first kappa shape index (κ1) is 11.8. The van der Waals surface area contributed by atoms with Crippen molar-refractivity contribution in [2.45, 2.75) is 46.6 Å². The molecule has 0 N–H and O–H groups in total.